The molecule has 0 bridgehead atoms. The van der Waals surface area contributed by atoms with Crippen LogP contribution in [-0.2, 0) is 26.2 Å². The molecule has 1 atom stereocenters. The first kappa shape index (κ1) is 28.6. The Kier molecular flexibility index (Phi) is 11.0. The molecule has 0 radical (unpaired) electrons. The fraction of sp³-hybridized carbons (Fsp3) is 0.440. The zero-order chi connectivity index (χ0) is 26.0. The second-order valence-electron chi connectivity index (χ2n) is 8.35. The lowest BCUT2D eigenvalue weighted by Gasteiger charge is -2.29. The first-order chi connectivity index (χ1) is 16.5. The van der Waals surface area contributed by atoms with Gasteiger partial charge in [-0.15, -0.1) is 0 Å². The van der Waals surface area contributed by atoms with Gasteiger partial charge in [0.25, 0.3) is 0 Å². The maximum atomic E-state index is 14.3. The van der Waals surface area contributed by atoms with Crippen LogP contribution >= 0.6 is 11.6 Å². The Morgan fingerprint density at radius 1 is 1.09 bits per heavy atom. The number of carbonyl (C=O) groups excluding carboxylic acids is 2. The molecule has 0 aliphatic heterocycles. The maximum absolute atomic E-state index is 14.3. The van der Waals surface area contributed by atoms with Crippen molar-refractivity contribution in [2.75, 3.05) is 23.7 Å². The predicted octanol–water partition coefficient (Wildman–Crippen LogP) is 4.36. The molecule has 35 heavy (non-hydrogen) atoms. The number of carbonyl (C=O) groups is 2. The summed E-state index contributed by atoms with van der Waals surface area (Å²) in [7, 11) is -3.59. The fourth-order valence-corrected chi connectivity index (χ4v) is 4.63. The lowest BCUT2D eigenvalue weighted by Crippen LogP contribution is -2.48. The third-order valence-corrected chi connectivity index (χ3v) is 7.01. The van der Waals surface area contributed by atoms with Gasteiger partial charge in [-0.1, -0.05) is 43.1 Å². The zero-order valence-electron chi connectivity index (χ0n) is 20.3. The number of amides is 2. The van der Waals surface area contributed by atoms with Crippen molar-refractivity contribution in [2.45, 2.75) is 52.1 Å². The second kappa shape index (κ2) is 13.4. The van der Waals surface area contributed by atoms with Gasteiger partial charge < -0.3 is 10.2 Å². The molecule has 0 saturated heterocycles. The molecule has 2 aromatic rings. The Morgan fingerprint density at radius 3 is 2.34 bits per heavy atom. The molecule has 2 amide bonds. The lowest BCUT2D eigenvalue weighted by atomic mass is 10.1. The van der Waals surface area contributed by atoms with Crippen LogP contribution in [0.1, 0.15) is 45.1 Å². The van der Waals surface area contributed by atoms with E-state index in [9.17, 15) is 22.4 Å². The summed E-state index contributed by atoms with van der Waals surface area (Å²) in [6.07, 6.45) is 3.02. The van der Waals surface area contributed by atoms with E-state index in [0.717, 1.165) is 19.1 Å². The number of unbranched alkanes of at least 4 members (excludes halogenated alkanes) is 1. The minimum absolute atomic E-state index is 0.0133. The van der Waals surface area contributed by atoms with Crippen molar-refractivity contribution in [2.24, 2.45) is 0 Å². The van der Waals surface area contributed by atoms with Gasteiger partial charge in [0.2, 0.25) is 21.8 Å². The molecular formula is C25H33ClFN3O4S. The van der Waals surface area contributed by atoms with Gasteiger partial charge in [0.05, 0.1) is 11.9 Å². The van der Waals surface area contributed by atoms with Crippen LogP contribution in [0.5, 0.6) is 0 Å². The molecule has 1 N–H and O–H groups in total. The highest BCUT2D eigenvalue weighted by atomic mass is 35.5. The molecule has 0 aliphatic carbocycles. The number of rotatable bonds is 13. The van der Waals surface area contributed by atoms with E-state index in [1.165, 1.54) is 15.3 Å². The minimum atomic E-state index is -3.59. The van der Waals surface area contributed by atoms with Crippen molar-refractivity contribution in [3.63, 3.8) is 0 Å². The van der Waals surface area contributed by atoms with Crippen LogP contribution < -0.4 is 9.62 Å². The topological polar surface area (TPSA) is 86.8 Å². The number of halogens is 2. The number of hydrogen-bond acceptors (Lipinski definition) is 4. The van der Waals surface area contributed by atoms with E-state index in [4.69, 9.17) is 11.6 Å². The smallest absolute Gasteiger partial charge is 0.242 e. The van der Waals surface area contributed by atoms with Gasteiger partial charge in [0, 0.05) is 36.6 Å². The molecule has 7 nitrogen and oxygen atoms in total. The molecule has 0 aliphatic rings. The zero-order valence-corrected chi connectivity index (χ0v) is 21.9. The average Bonchev–Trinajstić information content (AvgIpc) is 2.81. The molecule has 0 fully saturated rings. The molecule has 0 spiro atoms. The predicted molar refractivity (Wildman–Crippen MR) is 137 cm³/mol. The van der Waals surface area contributed by atoms with Crippen LogP contribution in [0.25, 0.3) is 0 Å². The van der Waals surface area contributed by atoms with Gasteiger partial charge in [-0.25, -0.2) is 12.8 Å². The second-order valence-corrected chi connectivity index (χ2v) is 10.7. The molecule has 1 unspecified atom stereocenters. The largest absolute Gasteiger partial charge is 0.354 e. The number of nitrogens with one attached hydrogen (secondary N) is 1. The molecule has 0 heterocycles. The third kappa shape index (κ3) is 8.81. The standard InChI is InChI=1S/C25H33ClFN3O4S/c1-4-5-16-28-25(32)19(2)29(18-20-9-6-7-10-23(20)27)24(31)11-8-17-30(35(3,33)34)22-14-12-21(26)13-15-22/h6-7,9-10,12-15,19H,4-5,8,11,16-18H2,1-3H3,(H,28,32). The van der Waals surface area contributed by atoms with Crippen molar-refractivity contribution in [3.05, 3.63) is 64.9 Å². The summed E-state index contributed by atoms with van der Waals surface area (Å²) in [6, 6.07) is 11.7. The molecular weight excluding hydrogens is 493 g/mol. The van der Waals surface area contributed by atoms with Crippen molar-refractivity contribution in [1.82, 2.24) is 10.2 Å². The van der Waals surface area contributed by atoms with Crippen LogP contribution in [0.4, 0.5) is 10.1 Å². The van der Waals surface area contributed by atoms with Crippen LogP contribution in [-0.4, -0.2) is 50.5 Å². The normalized spacial score (nSPS) is 12.1. The first-order valence-corrected chi connectivity index (χ1v) is 13.8. The van der Waals surface area contributed by atoms with Crippen LogP contribution in [0.2, 0.25) is 5.02 Å². The lowest BCUT2D eigenvalue weighted by molar-refractivity contribution is -0.140. The summed E-state index contributed by atoms with van der Waals surface area (Å²) in [4.78, 5) is 27.2. The van der Waals surface area contributed by atoms with Gasteiger partial charge >= 0.3 is 0 Å². The number of hydrogen-bond donors (Lipinski definition) is 1. The summed E-state index contributed by atoms with van der Waals surface area (Å²) in [5.74, 6) is -1.15. The summed E-state index contributed by atoms with van der Waals surface area (Å²) in [5, 5.41) is 3.29. The Balaban J connectivity index is 2.14. The Morgan fingerprint density at radius 2 is 1.74 bits per heavy atom. The van der Waals surface area contributed by atoms with E-state index < -0.39 is 21.9 Å². The SMILES string of the molecule is CCCCNC(=O)C(C)N(Cc1ccccc1F)C(=O)CCCN(c1ccc(Cl)cc1)S(C)(=O)=O. The van der Waals surface area contributed by atoms with Crippen LogP contribution in [0.15, 0.2) is 48.5 Å². The maximum Gasteiger partial charge on any atom is 0.242 e. The quantitative estimate of drug-likeness (QED) is 0.394. The molecule has 2 aromatic carbocycles. The van der Waals surface area contributed by atoms with E-state index in [1.807, 2.05) is 6.92 Å². The van der Waals surface area contributed by atoms with Gasteiger partial charge in [-0.05, 0) is 50.1 Å². The summed E-state index contributed by atoms with van der Waals surface area (Å²) in [6.45, 7) is 4.10. The number of sulfonamides is 1. The van der Waals surface area contributed by atoms with E-state index in [1.54, 1.807) is 49.4 Å². The van der Waals surface area contributed by atoms with E-state index in [2.05, 4.69) is 5.32 Å². The Bertz CT molecular complexity index is 1100. The van der Waals surface area contributed by atoms with Crippen molar-refractivity contribution < 1.29 is 22.4 Å². The van der Waals surface area contributed by atoms with Gasteiger partial charge in [-0.3, -0.25) is 13.9 Å². The van der Waals surface area contributed by atoms with Crippen LogP contribution in [0.3, 0.4) is 0 Å². The van der Waals surface area contributed by atoms with Gasteiger partial charge in [0.15, 0.2) is 0 Å². The molecule has 10 heteroatoms. The average molecular weight is 526 g/mol. The highest BCUT2D eigenvalue weighted by molar-refractivity contribution is 7.92. The number of benzene rings is 2. The molecule has 0 saturated carbocycles. The highest BCUT2D eigenvalue weighted by Gasteiger charge is 2.27. The Labute approximate surface area is 212 Å². The minimum Gasteiger partial charge on any atom is -0.354 e. The fourth-order valence-electron chi connectivity index (χ4n) is 3.54. The highest BCUT2D eigenvalue weighted by Crippen LogP contribution is 2.21. The van der Waals surface area contributed by atoms with Crippen LogP contribution in [0, 0.1) is 5.82 Å². The van der Waals surface area contributed by atoms with Crippen molar-refractivity contribution >= 4 is 39.1 Å². The molecule has 192 valence electrons. The molecule has 2 rings (SSSR count). The summed E-state index contributed by atoms with van der Waals surface area (Å²) >= 11 is 5.91. The van der Waals surface area contributed by atoms with E-state index in [0.29, 0.717) is 22.8 Å². The number of anilines is 1. The van der Waals surface area contributed by atoms with E-state index >= 15 is 0 Å². The molecule has 0 aromatic heterocycles. The Hall–Kier alpha value is -2.65. The summed E-state index contributed by atoms with van der Waals surface area (Å²) < 4.78 is 40.2. The summed E-state index contributed by atoms with van der Waals surface area (Å²) in [5.41, 5.74) is 0.740. The van der Waals surface area contributed by atoms with Crippen molar-refractivity contribution in [3.8, 4) is 0 Å². The van der Waals surface area contributed by atoms with Crippen molar-refractivity contribution in [1.29, 1.82) is 0 Å². The van der Waals surface area contributed by atoms with E-state index in [-0.39, 0.29) is 37.7 Å². The van der Waals surface area contributed by atoms with Gasteiger partial charge in [0.1, 0.15) is 11.9 Å². The number of nitrogens with zero attached hydrogens (tertiary/aromatic N) is 2. The van der Waals surface area contributed by atoms with Gasteiger partial charge in [-0.2, -0.15) is 0 Å². The third-order valence-electron chi connectivity index (χ3n) is 5.56. The first-order valence-electron chi connectivity index (χ1n) is 11.6. The monoisotopic (exact) mass is 525 g/mol.